The summed E-state index contributed by atoms with van der Waals surface area (Å²) >= 11 is 1.01. The summed E-state index contributed by atoms with van der Waals surface area (Å²) in [7, 11) is -2.64. The smallest absolute Gasteiger partial charge is 0.349 e. The highest BCUT2D eigenvalue weighted by Crippen LogP contribution is 2.29. The zero-order valence-corrected chi connectivity index (χ0v) is 13.1. The number of ether oxygens (including phenoxy) is 1. The Labute approximate surface area is 126 Å². The van der Waals surface area contributed by atoms with Gasteiger partial charge in [0.15, 0.2) is 0 Å². The number of methoxy groups -OCH3 is 1. The zero-order valence-electron chi connectivity index (χ0n) is 11.4. The second-order valence-electron chi connectivity index (χ2n) is 4.71. The molecule has 0 spiro atoms. The van der Waals surface area contributed by atoms with Crippen molar-refractivity contribution in [3.63, 3.8) is 0 Å². The molecule has 9 heteroatoms. The van der Waals surface area contributed by atoms with Gasteiger partial charge in [-0.05, 0) is 24.3 Å². The number of amides is 1. The number of carbonyl (C=O) groups is 2. The second kappa shape index (κ2) is 6.12. The lowest BCUT2D eigenvalue weighted by molar-refractivity contribution is -0.122. The lowest BCUT2D eigenvalue weighted by Crippen LogP contribution is -2.44. The van der Waals surface area contributed by atoms with Crippen LogP contribution in [0.3, 0.4) is 0 Å². The molecule has 7 nitrogen and oxygen atoms in total. The number of piperidine rings is 1. The first-order valence-electron chi connectivity index (χ1n) is 6.33. The third-order valence-electron chi connectivity index (χ3n) is 3.40. The highest BCUT2D eigenvalue weighted by Gasteiger charge is 2.35. The summed E-state index contributed by atoms with van der Waals surface area (Å²) in [5.41, 5.74) is 5.26. The Morgan fingerprint density at radius 1 is 1.48 bits per heavy atom. The SMILES string of the molecule is COC(=O)c1sccc1S(=O)(=O)N1CCC[C@@H](C(N)=O)C1. The number of hydrogen-bond donors (Lipinski definition) is 1. The van der Waals surface area contributed by atoms with Crippen molar-refractivity contribution >= 4 is 33.2 Å². The maximum atomic E-state index is 12.6. The van der Waals surface area contributed by atoms with Crippen molar-refractivity contribution in [1.29, 1.82) is 0 Å². The first kappa shape index (κ1) is 15.9. The van der Waals surface area contributed by atoms with Crippen molar-refractivity contribution in [2.24, 2.45) is 11.7 Å². The molecule has 2 N–H and O–H groups in total. The summed E-state index contributed by atoms with van der Waals surface area (Å²) in [5, 5.41) is 1.52. The highest BCUT2D eigenvalue weighted by molar-refractivity contribution is 7.89. The monoisotopic (exact) mass is 332 g/mol. The lowest BCUT2D eigenvalue weighted by atomic mass is 9.99. The molecule has 2 rings (SSSR count). The van der Waals surface area contributed by atoms with E-state index in [1.165, 1.54) is 22.9 Å². The number of sulfonamides is 1. The molecule has 2 heterocycles. The van der Waals surface area contributed by atoms with E-state index in [1.807, 2.05) is 0 Å². The summed E-state index contributed by atoms with van der Waals surface area (Å²) in [5.74, 6) is -1.69. The Balaban J connectivity index is 2.32. The number of carbonyl (C=O) groups excluding carboxylic acids is 2. The topological polar surface area (TPSA) is 107 Å². The molecule has 116 valence electrons. The maximum Gasteiger partial charge on any atom is 0.349 e. The summed E-state index contributed by atoms with van der Waals surface area (Å²) in [6.45, 7) is 0.358. The minimum Gasteiger partial charge on any atom is -0.465 e. The molecule has 0 aliphatic carbocycles. The van der Waals surface area contributed by atoms with E-state index >= 15 is 0 Å². The number of nitrogens with two attached hydrogens (primary N) is 1. The van der Waals surface area contributed by atoms with Gasteiger partial charge < -0.3 is 10.5 Å². The third-order valence-corrected chi connectivity index (χ3v) is 6.34. The van der Waals surface area contributed by atoms with E-state index < -0.39 is 27.8 Å². The second-order valence-corrected chi connectivity index (χ2v) is 7.53. The molecule has 0 saturated carbocycles. The predicted octanol–water partition coefficient (Wildman–Crippen LogP) is 0.421. The number of esters is 1. The van der Waals surface area contributed by atoms with Crippen LogP contribution in [0, 0.1) is 5.92 Å². The molecule has 1 fully saturated rings. The summed E-state index contributed by atoms with van der Waals surface area (Å²) < 4.78 is 31.1. The van der Waals surface area contributed by atoms with Crippen LogP contribution in [0.2, 0.25) is 0 Å². The van der Waals surface area contributed by atoms with E-state index in [2.05, 4.69) is 4.74 Å². The molecule has 1 aliphatic rings. The molecule has 0 bridgehead atoms. The van der Waals surface area contributed by atoms with Gasteiger partial charge in [-0.15, -0.1) is 11.3 Å². The minimum atomic E-state index is -3.84. The Morgan fingerprint density at radius 3 is 2.81 bits per heavy atom. The lowest BCUT2D eigenvalue weighted by Gasteiger charge is -2.30. The van der Waals surface area contributed by atoms with Gasteiger partial charge in [-0.1, -0.05) is 0 Å². The van der Waals surface area contributed by atoms with Gasteiger partial charge in [-0.2, -0.15) is 4.31 Å². The van der Waals surface area contributed by atoms with Crippen molar-refractivity contribution in [2.45, 2.75) is 17.7 Å². The van der Waals surface area contributed by atoms with Crippen LogP contribution < -0.4 is 5.73 Å². The van der Waals surface area contributed by atoms with Crippen LogP contribution in [-0.2, 0) is 19.6 Å². The molecule has 1 aliphatic heterocycles. The van der Waals surface area contributed by atoms with E-state index in [4.69, 9.17) is 5.73 Å². The fourth-order valence-electron chi connectivity index (χ4n) is 2.27. The average Bonchev–Trinajstić information content (AvgIpc) is 2.96. The number of hydrogen-bond acceptors (Lipinski definition) is 6. The van der Waals surface area contributed by atoms with E-state index in [0.29, 0.717) is 19.4 Å². The molecule has 0 aromatic carbocycles. The van der Waals surface area contributed by atoms with Crippen LogP contribution in [0.25, 0.3) is 0 Å². The highest BCUT2D eigenvalue weighted by atomic mass is 32.2. The van der Waals surface area contributed by atoms with Gasteiger partial charge in [0, 0.05) is 13.1 Å². The number of nitrogens with zero attached hydrogens (tertiary/aromatic N) is 1. The van der Waals surface area contributed by atoms with Gasteiger partial charge in [0.05, 0.1) is 13.0 Å². The van der Waals surface area contributed by atoms with Crippen molar-refractivity contribution in [1.82, 2.24) is 4.31 Å². The zero-order chi connectivity index (χ0) is 15.6. The average molecular weight is 332 g/mol. The first-order valence-corrected chi connectivity index (χ1v) is 8.65. The van der Waals surface area contributed by atoms with E-state index in [0.717, 1.165) is 11.3 Å². The first-order chi connectivity index (χ1) is 9.87. The van der Waals surface area contributed by atoms with Gasteiger partial charge in [-0.25, -0.2) is 13.2 Å². The molecule has 1 amide bonds. The molecule has 0 radical (unpaired) electrons. The number of primary amides is 1. The van der Waals surface area contributed by atoms with Crippen LogP contribution in [0.15, 0.2) is 16.3 Å². The molecule has 1 aromatic heterocycles. The largest absolute Gasteiger partial charge is 0.465 e. The molecule has 1 aromatic rings. The molecular weight excluding hydrogens is 316 g/mol. The molecule has 0 unspecified atom stereocenters. The van der Waals surface area contributed by atoms with Crippen molar-refractivity contribution < 1.29 is 22.7 Å². The van der Waals surface area contributed by atoms with Crippen LogP contribution in [0.4, 0.5) is 0 Å². The molecule has 1 atom stereocenters. The van der Waals surface area contributed by atoms with Crippen molar-refractivity contribution in [3.05, 3.63) is 16.3 Å². The quantitative estimate of drug-likeness (QED) is 0.804. The molecular formula is C12H16N2O5S2. The normalized spacial score (nSPS) is 20.1. The Morgan fingerprint density at radius 2 is 2.19 bits per heavy atom. The predicted molar refractivity (Wildman–Crippen MR) is 76.3 cm³/mol. The fourth-order valence-corrected chi connectivity index (χ4v) is 5.11. The van der Waals surface area contributed by atoms with Crippen LogP contribution >= 0.6 is 11.3 Å². The van der Waals surface area contributed by atoms with Crippen LogP contribution in [-0.4, -0.2) is 44.8 Å². The van der Waals surface area contributed by atoms with Crippen molar-refractivity contribution in [2.75, 3.05) is 20.2 Å². The standard InChI is InChI=1S/C12H16N2O5S2/c1-19-12(16)10-9(4-6-20-10)21(17,18)14-5-2-3-8(7-14)11(13)15/h4,6,8H,2-3,5,7H2,1H3,(H2,13,15)/t8-/m1/s1. The minimum absolute atomic E-state index is 0.0405. The Hall–Kier alpha value is -1.45. The molecule has 21 heavy (non-hydrogen) atoms. The fraction of sp³-hybridized carbons (Fsp3) is 0.500. The Kier molecular flexibility index (Phi) is 4.64. The summed E-state index contributed by atoms with van der Waals surface area (Å²) in [6, 6.07) is 1.38. The van der Waals surface area contributed by atoms with Gasteiger partial charge in [0.1, 0.15) is 9.77 Å². The Bertz CT molecular complexity index is 652. The van der Waals surface area contributed by atoms with Crippen molar-refractivity contribution in [3.8, 4) is 0 Å². The van der Waals surface area contributed by atoms with Crippen LogP contribution in [0.5, 0.6) is 0 Å². The number of thiophene rings is 1. The molecule has 1 saturated heterocycles. The maximum absolute atomic E-state index is 12.6. The van der Waals surface area contributed by atoms with E-state index in [1.54, 1.807) is 0 Å². The van der Waals surface area contributed by atoms with Gasteiger partial charge in [-0.3, -0.25) is 4.79 Å². The third kappa shape index (κ3) is 3.09. The summed E-state index contributed by atoms with van der Waals surface area (Å²) in [6.07, 6.45) is 1.14. The number of rotatable bonds is 4. The van der Waals surface area contributed by atoms with E-state index in [-0.39, 0.29) is 16.3 Å². The summed E-state index contributed by atoms with van der Waals surface area (Å²) in [4.78, 5) is 22.9. The van der Waals surface area contributed by atoms with E-state index in [9.17, 15) is 18.0 Å². The van der Waals surface area contributed by atoms with Crippen LogP contribution in [0.1, 0.15) is 22.5 Å². The van der Waals surface area contributed by atoms with Gasteiger partial charge in [0.25, 0.3) is 0 Å². The van der Waals surface area contributed by atoms with Gasteiger partial charge >= 0.3 is 5.97 Å². The van der Waals surface area contributed by atoms with Gasteiger partial charge in [0.2, 0.25) is 15.9 Å².